The van der Waals surface area contributed by atoms with Crippen LogP contribution in [0.2, 0.25) is 0 Å². The Kier molecular flexibility index (Phi) is 4.89. The third kappa shape index (κ3) is 3.77. The lowest BCUT2D eigenvalue weighted by molar-refractivity contribution is -0.119. The van der Waals surface area contributed by atoms with Crippen molar-refractivity contribution < 1.29 is 18.7 Å². The third-order valence-electron chi connectivity index (χ3n) is 4.42. The van der Waals surface area contributed by atoms with Crippen LogP contribution in [0.4, 0.5) is 5.69 Å². The highest BCUT2D eigenvalue weighted by molar-refractivity contribution is 7.21. The Bertz CT molecular complexity index is 1190. The number of carbonyl (C=O) groups excluding carboxylic acids is 2. The van der Waals surface area contributed by atoms with E-state index in [0.29, 0.717) is 22.1 Å². The summed E-state index contributed by atoms with van der Waals surface area (Å²) in [5.74, 6) is -0.673. The number of anilines is 1. The Hall–Kier alpha value is -3.46. The van der Waals surface area contributed by atoms with Gasteiger partial charge in [-0.1, -0.05) is 12.1 Å². The topological polar surface area (TPSA) is 99.2 Å². The van der Waals surface area contributed by atoms with Gasteiger partial charge in [-0.3, -0.25) is 9.48 Å². The monoisotopic (exact) mass is 410 g/mol. The molecule has 148 valence electrons. The van der Waals surface area contributed by atoms with Crippen molar-refractivity contribution in [3.05, 3.63) is 53.5 Å². The number of rotatable bonds is 5. The van der Waals surface area contributed by atoms with E-state index in [1.54, 1.807) is 24.7 Å². The zero-order valence-corrected chi connectivity index (χ0v) is 16.9. The van der Waals surface area contributed by atoms with Crippen LogP contribution in [0.25, 0.3) is 21.0 Å². The van der Waals surface area contributed by atoms with Crippen molar-refractivity contribution in [3.63, 3.8) is 0 Å². The maximum Gasteiger partial charge on any atom is 0.374 e. The number of benzene rings is 1. The highest BCUT2D eigenvalue weighted by atomic mass is 32.1. The number of nitrogens with one attached hydrogen (secondary N) is 1. The van der Waals surface area contributed by atoms with Crippen molar-refractivity contribution in [3.8, 4) is 10.8 Å². The van der Waals surface area contributed by atoms with E-state index in [-0.39, 0.29) is 5.76 Å². The van der Waals surface area contributed by atoms with Crippen molar-refractivity contribution >= 4 is 39.1 Å². The molecule has 0 aliphatic rings. The lowest BCUT2D eigenvalue weighted by atomic mass is 10.3. The van der Waals surface area contributed by atoms with E-state index in [0.717, 1.165) is 15.9 Å². The highest BCUT2D eigenvalue weighted by Crippen LogP contribution is 2.31. The van der Waals surface area contributed by atoms with Crippen molar-refractivity contribution in [2.75, 3.05) is 11.9 Å². The number of nitrogens with zero attached hydrogens (tertiary/aromatic N) is 3. The van der Waals surface area contributed by atoms with E-state index >= 15 is 0 Å². The van der Waals surface area contributed by atoms with Gasteiger partial charge in [0.05, 0.1) is 27.3 Å². The van der Waals surface area contributed by atoms with Crippen molar-refractivity contribution in [1.82, 2.24) is 14.8 Å². The van der Waals surface area contributed by atoms with Crippen LogP contribution in [0, 0.1) is 13.8 Å². The third-order valence-corrected chi connectivity index (χ3v) is 5.47. The number of aromatic nitrogens is 3. The van der Waals surface area contributed by atoms with Crippen LogP contribution in [-0.4, -0.2) is 33.2 Å². The van der Waals surface area contributed by atoms with Gasteiger partial charge in [0.25, 0.3) is 5.91 Å². The summed E-state index contributed by atoms with van der Waals surface area (Å²) in [6, 6.07) is 10.9. The molecule has 4 rings (SSSR count). The predicted molar refractivity (Wildman–Crippen MR) is 109 cm³/mol. The molecule has 0 fully saturated rings. The number of amides is 1. The minimum absolute atomic E-state index is 0.0146. The average Bonchev–Trinajstić information content (AvgIpc) is 3.40. The van der Waals surface area contributed by atoms with Crippen LogP contribution in [-0.2, 0) is 16.6 Å². The second-order valence-electron chi connectivity index (χ2n) is 6.44. The zero-order chi connectivity index (χ0) is 20.5. The van der Waals surface area contributed by atoms with E-state index < -0.39 is 18.5 Å². The smallest absolute Gasteiger partial charge is 0.374 e. The summed E-state index contributed by atoms with van der Waals surface area (Å²) in [6.07, 6.45) is 0. The summed E-state index contributed by atoms with van der Waals surface area (Å²) in [5.41, 5.74) is 2.99. The maximum atomic E-state index is 12.2. The van der Waals surface area contributed by atoms with E-state index in [4.69, 9.17) is 9.15 Å². The van der Waals surface area contributed by atoms with Gasteiger partial charge in [-0.05, 0) is 38.1 Å². The molecule has 29 heavy (non-hydrogen) atoms. The molecule has 0 aliphatic heterocycles. The van der Waals surface area contributed by atoms with E-state index in [1.807, 2.05) is 31.2 Å². The second-order valence-corrected chi connectivity index (χ2v) is 7.48. The van der Waals surface area contributed by atoms with Gasteiger partial charge in [0, 0.05) is 7.05 Å². The number of esters is 1. The van der Waals surface area contributed by atoms with Crippen LogP contribution < -0.4 is 5.32 Å². The van der Waals surface area contributed by atoms with Gasteiger partial charge in [-0.15, -0.1) is 11.3 Å². The first-order valence-electron chi connectivity index (χ1n) is 8.85. The summed E-state index contributed by atoms with van der Waals surface area (Å²) in [7, 11) is 1.79. The minimum Gasteiger partial charge on any atom is -0.450 e. The van der Waals surface area contributed by atoms with Gasteiger partial charge in [0.15, 0.2) is 17.4 Å². The lowest BCUT2D eigenvalue weighted by Crippen LogP contribution is -2.21. The number of thiazole rings is 1. The summed E-state index contributed by atoms with van der Waals surface area (Å²) in [6.45, 7) is 3.21. The molecule has 0 aliphatic carbocycles. The van der Waals surface area contributed by atoms with Crippen molar-refractivity contribution in [2.45, 2.75) is 13.8 Å². The van der Waals surface area contributed by atoms with E-state index in [1.165, 1.54) is 17.4 Å². The lowest BCUT2D eigenvalue weighted by Gasteiger charge is -2.06. The van der Waals surface area contributed by atoms with Gasteiger partial charge in [-0.2, -0.15) is 5.10 Å². The molecule has 1 aromatic carbocycles. The molecule has 0 bridgehead atoms. The fourth-order valence-corrected chi connectivity index (χ4v) is 3.80. The SMILES string of the molecule is Cc1nn(C)c(C)c1NC(=O)COC(=O)c1ccc(-c2nc3ccccc3s2)o1. The summed E-state index contributed by atoms with van der Waals surface area (Å²) < 4.78 is 13.3. The molecule has 3 aromatic heterocycles. The second kappa shape index (κ2) is 7.51. The van der Waals surface area contributed by atoms with Gasteiger partial charge < -0.3 is 14.5 Å². The Morgan fingerprint density at radius 3 is 2.72 bits per heavy atom. The van der Waals surface area contributed by atoms with Crippen molar-refractivity contribution in [1.29, 1.82) is 0 Å². The molecule has 3 heterocycles. The van der Waals surface area contributed by atoms with Crippen LogP contribution in [0.3, 0.4) is 0 Å². The standard InChI is InChI=1S/C20H18N4O4S/c1-11-18(12(2)24(3)23-11)22-17(25)10-27-20(26)15-9-8-14(28-15)19-21-13-6-4-5-7-16(13)29-19/h4-9H,10H2,1-3H3,(H,22,25). The molecule has 0 spiro atoms. The number of carbonyl (C=O) groups is 2. The van der Waals surface area contributed by atoms with Gasteiger partial charge in [0.2, 0.25) is 5.76 Å². The molecular weight excluding hydrogens is 392 g/mol. The molecule has 4 aromatic rings. The molecule has 1 N–H and O–H groups in total. The minimum atomic E-state index is -0.716. The zero-order valence-electron chi connectivity index (χ0n) is 16.1. The van der Waals surface area contributed by atoms with Crippen molar-refractivity contribution in [2.24, 2.45) is 7.05 Å². The molecule has 0 radical (unpaired) electrons. The molecule has 0 unspecified atom stereocenters. The average molecular weight is 410 g/mol. The van der Waals surface area contributed by atoms with Crippen LogP contribution >= 0.6 is 11.3 Å². The first kappa shape index (κ1) is 18.9. The Morgan fingerprint density at radius 1 is 1.21 bits per heavy atom. The largest absolute Gasteiger partial charge is 0.450 e. The highest BCUT2D eigenvalue weighted by Gasteiger charge is 2.18. The molecule has 0 saturated heterocycles. The molecule has 0 saturated carbocycles. The Labute approximate surface area is 170 Å². The number of para-hydroxylation sites is 1. The molecule has 0 atom stereocenters. The first-order valence-corrected chi connectivity index (χ1v) is 9.67. The number of fused-ring (bicyclic) bond motifs is 1. The summed E-state index contributed by atoms with van der Waals surface area (Å²) >= 11 is 1.47. The number of furan rings is 1. The van der Waals surface area contributed by atoms with Gasteiger partial charge in [-0.25, -0.2) is 9.78 Å². The van der Waals surface area contributed by atoms with E-state index in [9.17, 15) is 9.59 Å². The fraction of sp³-hybridized carbons (Fsp3) is 0.200. The van der Waals surface area contributed by atoms with Crippen LogP contribution in [0.15, 0.2) is 40.8 Å². The summed E-state index contributed by atoms with van der Waals surface area (Å²) in [4.78, 5) is 28.8. The molecule has 8 nitrogen and oxygen atoms in total. The van der Waals surface area contributed by atoms with Crippen LogP contribution in [0.5, 0.6) is 0 Å². The number of hydrogen-bond acceptors (Lipinski definition) is 7. The Morgan fingerprint density at radius 2 is 2.00 bits per heavy atom. The summed E-state index contributed by atoms with van der Waals surface area (Å²) in [5, 5.41) is 7.61. The van der Waals surface area contributed by atoms with E-state index in [2.05, 4.69) is 15.4 Å². The molecule has 9 heteroatoms. The molecular formula is C20H18N4O4S. The van der Waals surface area contributed by atoms with Crippen LogP contribution in [0.1, 0.15) is 21.9 Å². The number of hydrogen-bond donors (Lipinski definition) is 1. The maximum absolute atomic E-state index is 12.2. The first-order chi connectivity index (χ1) is 13.9. The number of aryl methyl sites for hydroxylation is 2. The Balaban J connectivity index is 1.39. The quantitative estimate of drug-likeness (QED) is 0.504. The van der Waals surface area contributed by atoms with Gasteiger partial charge in [0.1, 0.15) is 0 Å². The van der Waals surface area contributed by atoms with Gasteiger partial charge >= 0.3 is 5.97 Å². The number of ether oxygens (including phenoxy) is 1. The predicted octanol–water partition coefficient (Wildman–Crippen LogP) is 3.70. The molecule has 1 amide bonds. The fourth-order valence-electron chi connectivity index (χ4n) is 2.87. The normalized spacial score (nSPS) is 11.0.